The third kappa shape index (κ3) is 4.43. The monoisotopic (exact) mass is 305 g/mol. The van der Waals surface area contributed by atoms with Crippen molar-refractivity contribution in [3.05, 3.63) is 48.0 Å². The number of amides is 1. The summed E-state index contributed by atoms with van der Waals surface area (Å²) in [5.41, 5.74) is 0.412. The van der Waals surface area contributed by atoms with Gasteiger partial charge in [-0.05, 0) is 30.2 Å². The Bertz CT molecular complexity index is 624. The Morgan fingerprint density at radius 3 is 2.82 bits per heavy atom. The molecule has 0 aliphatic rings. The van der Waals surface area contributed by atoms with Crippen molar-refractivity contribution in [2.45, 2.75) is 19.8 Å². The van der Waals surface area contributed by atoms with Crippen LogP contribution in [-0.4, -0.2) is 24.2 Å². The summed E-state index contributed by atoms with van der Waals surface area (Å²) in [7, 11) is 0. The summed E-state index contributed by atoms with van der Waals surface area (Å²) in [5, 5.41) is 11.6. The Morgan fingerprint density at radius 1 is 1.32 bits per heavy atom. The minimum Gasteiger partial charge on any atom is -0.461 e. The van der Waals surface area contributed by atoms with E-state index in [2.05, 4.69) is 5.32 Å². The van der Waals surface area contributed by atoms with Crippen molar-refractivity contribution in [1.82, 2.24) is 5.32 Å². The van der Waals surface area contributed by atoms with Crippen LogP contribution in [0.1, 0.15) is 19.1 Å². The van der Waals surface area contributed by atoms with Gasteiger partial charge in [0.2, 0.25) is 5.91 Å². The van der Waals surface area contributed by atoms with Gasteiger partial charge in [0.25, 0.3) is 0 Å². The number of aliphatic hydroxyl groups is 1. The van der Waals surface area contributed by atoms with E-state index >= 15 is 0 Å². The van der Waals surface area contributed by atoms with Gasteiger partial charge in [-0.2, -0.15) is 0 Å². The molecule has 1 heterocycles. The van der Waals surface area contributed by atoms with Crippen LogP contribution >= 0.6 is 0 Å². The zero-order valence-corrected chi connectivity index (χ0v) is 12.5. The lowest BCUT2D eigenvalue weighted by Gasteiger charge is -2.08. The second kappa shape index (κ2) is 7.75. The molecule has 118 valence electrons. The SMILES string of the molecule is CC(CO)CNC(=O)CCc1ccc(-c2ccccc2F)o1. The van der Waals surface area contributed by atoms with E-state index in [0.717, 1.165) is 0 Å². The fourth-order valence-electron chi connectivity index (χ4n) is 2.00. The zero-order chi connectivity index (χ0) is 15.9. The summed E-state index contributed by atoms with van der Waals surface area (Å²) < 4.78 is 19.3. The Kier molecular flexibility index (Phi) is 5.72. The van der Waals surface area contributed by atoms with Crippen molar-refractivity contribution in [3.63, 3.8) is 0 Å². The zero-order valence-electron chi connectivity index (χ0n) is 12.5. The maximum Gasteiger partial charge on any atom is 0.220 e. The first-order valence-corrected chi connectivity index (χ1v) is 7.31. The van der Waals surface area contributed by atoms with Crippen LogP contribution in [-0.2, 0) is 11.2 Å². The first kappa shape index (κ1) is 16.2. The molecule has 1 amide bonds. The number of furan rings is 1. The van der Waals surface area contributed by atoms with E-state index in [1.165, 1.54) is 6.07 Å². The van der Waals surface area contributed by atoms with Crippen LogP contribution in [0.15, 0.2) is 40.8 Å². The molecule has 22 heavy (non-hydrogen) atoms. The summed E-state index contributed by atoms with van der Waals surface area (Å²) >= 11 is 0. The highest BCUT2D eigenvalue weighted by molar-refractivity contribution is 5.76. The van der Waals surface area contributed by atoms with Gasteiger partial charge in [0.1, 0.15) is 17.3 Å². The van der Waals surface area contributed by atoms with Gasteiger partial charge in [-0.25, -0.2) is 4.39 Å². The maximum atomic E-state index is 13.7. The van der Waals surface area contributed by atoms with Crippen LogP contribution in [0.4, 0.5) is 4.39 Å². The van der Waals surface area contributed by atoms with E-state index in [1.807, 2.05) is 6.92 Å². The van der Waals surface area contributed by atoms with Gasteiger partial charge in [-0.3, -0.25) is 4.79 Å². The number of halogens is 1. The summed E-state index contributed by atoms with van der Waals surface area (Å²) in [4.78, 5) is 11.7. The Morgan fingerprint density at radius 2 is 2.09 bits per heavy atom. The van der Waals surface area contributed by atoms with Crippen molar-refractivity contribution in [1.29, 1.82) is 0 Å². The molecular formula is C17H20FNO3. The molecule has 2 rings (SSSR count). The molecule has 0 bridgehead atoms. The number of nitrogens with one attached hydrogen (secondary N) is 1. The van der Waals surface area contributed by atoms with Crippen molar-refractivity contribution >= 4 is 5.91 Å². The highest BCUT2D eigenvalue weighted by atomic mass is 19.1. The van der Waals surface area contributed by atoms with E-state index in [0.29, 0.717) is 36.5 Å². The molecule has 0 saturated heterocycles. The molecule has 2 aromatic rings. The molecule has 5 heteroatoms. The van der Waals surface area contributed by atoms with Gasteiger partial charge >= 0.3 is 0 Å². The average molecular weight is 305 g/mol. The van der Waals surface area contributed by atoms with Gasteiger partial charge in [-0.1, -0.05) is 19.1 Å². The van der Waals surface area contributed by atoms with Crippen molar-refractivity contribution in [3.8, 4) is 11.3 Å². The second-order valence-corrected chi connectivity index (χ2v) is 5.34. The maximum absolute atomic E-state index is 13.7. The van der Waals surface area contributed by atoms with Gasteiger partial charge in [0.15, 0.2) is 0 Å². The molecule has 2 N–H and O–H groups in total. The van der Waals surface area contributed by atoms with Crippen molar-refractivity contribution in [2.24, 2.45) is 5.92 Å². The molecule has 0 radical (unpaired) electrons. The second-order valence-electron chi connectivity index (χ2n) is 5.34. The fraction of sp³-hybridized carbons (Fsp3) is 0.353. The minimum atomic E-state index is -0.334. The number of carbonyl (C=O) groups is 1. The number of hydrogen-bond donors (Lipinski definition) is 2. The highest BCUT2D eigenvalue weighted by Crippen LogP contribution is 2.25. The minimum absolute atomic E-state index is 0.0419. The highest BCUT2D eigenvalue weighted by Gasteiger charge is 2.10. The number of carbonyl (C=O) groups excluding carboxylic acids is 1. The fourth-order valence-corrected chi connectivity index (χ4v) is 2.00. The molecule has 0 aliphatic carbocycles. The van der Waals surface area contributed by atoms with E-state index in [4.69, 9.17) is 9.52 Å². The van der Waals surface area contributed by atoms with Crippen LogP contribution in [0, 0.1) is 11.7 Å². The molecule has 1 aromatic heterocycles. The molecule has 0 spiro atoms. The van der Waals surface area contributed by atoms with Crippen LogP contribution in [0.3, 0.4) is 0 Å². The van der Waals surface area contributed by atoms with Gasteiger partial charge in [0, 0.05) is 26.0 Å². The molecule has 0 fully saturated rings. The van der Waals surface area contributed by atoms with Crippen LogP contribution in [0.5, 0.6) is 0 Å². The van der Waals surface area contributed by atoms with E-state index in [9.17, 15) is 9.18 Å². The Balaban J connectivity index is 1.88. The summed E-state index contributed by atoms with van der Waals surface area (Å²) in [6.45, 7) is 2.35. The quantitative estimate of drug-likeness (QED) is 0.827. The normalized spacial score (nSPS) is 12.1. The largest absolute Gasteiger partial charge is 0.461 e. The Hall–Kier alpha value is -2.14. The molecule has 1 unspecified atom stereocenters. The number of rotatable bonds is 7. The molecule has 1 aromatic carbocycles. The lowest BCUT2D eigenvalue weighted by molar-refractivity contribution is -0.121. The van der Waals surface area contributed by atoms with Crippen molar-refractivity contribution < 1.29 is 18.7 Å². The smallest absolute Gasteiger partial charge is 0.220 e. The summed E-state index contributed by atoms with van der Waals surface area (Å²) in [5.74, 6) is 0.717. The average Bonchev–Trinajstić information content (AvgIpc) is 2.99. The third-order valence-electron chi connectivity index (χ3n) is 3.36. The number of aliphatic hydroxyl groups excluding tert-OH is 1. The van der Waals surface area contributed by atoms with Gasteiger partial charge in [0.05, 0.1) is 5.56 Å². The molecular weight excluding hydrogens is 285 g/mol. The van der Waals surface area contributed by atoms with Crippen LogP contribution in [0.2, 0.25) is 0 Å². The first-order valence-electron chi connectivity index (χ1n) is 7.31. The lowest BCUT2D eigenvalue weighted by Crippen LogP contribution is -2.29. The molecule has 0 saturated carbocycles. The van der Waals surface area contributed by atoms with E-state index < -0.39 is 0 Å². The van der Waals surface area contributed by atoms with Gasteiger partial charge < -0.3 is 14.8 Å². The van der Waals surface area contributed by atoms with Gasteiger partial charge in [-0.15, -0.1) is 0 Å². The van der Waals surface area contributed by atoms with Crippen molar-refractivity contribution in [2.75, 3.05) is 13.2 Å². The Labute approximate surface area is 129 Å². The first-order chi connectivity index (χ1) is 10.6. The topological polar surface area (TPSA) is 62.5 Å². The predicted molar refractivity (Wildman–Crippen MR) is 81.7 cm³/mol. The van der Waals surface area contributed by atoms with Crippen LogP contribution in [0.25, 0.3) is 11.3 Å². The molecule has 1 atom stereocenters. The standard InChI is InChI=1S/C17H20FNO3/c1-12(11-20)10-19-17(21)9-7-13-6-8-16(22-13)14-4-2-3-5-15(14)18/h2-6,8,12,20H,7,9-11H2,1H3,(H,19,21). The van der Waals surface area contributed by atoms with E-state index in [1.54, 1.807) is 30.3 Å². The lowest BCUT2D eigenvalue weighted by atomic mass is 10.1. The summed E-state index contributed by atoms with van der Waals surface area (Å²) in [6.07, 6.45) is 0.746. The third-order valence-corrected chi connectivity index (χ3v) is 3.36. The van der Waals surface area contributed by atoms with E-state index in [-0.39, 0.29) is 24.2 Å². The predicted octanol–water partition coefficient (Wildman–Crippen LogP) is 2.76. The number of hydrogen-bond acceptors (Lipinski definition) is 3. The molecule has 4 nitrogen and oxygen atoms in total. The number of benzene rings is 1. The summed E-state index contributed by atoms with van der Waals surface area (Å²) in [6, 6.07) is 9.87. The number of aryl methyl sites for hydroxylation is 1. The van der Waals surface area contributed by atoms with Crippen LogP contribution < -0.4 is 5.32 Å². The molecule has 0 aliphatic heterocycles.